The highest BCUT2D eigenvalue weighted by molar-refractivity contribution is 9.10. The van der Waals surface area contributed by atoms with Crippen LogP contribution in [0.25, 0.3) is 0 Å². The molecule has 0 spiro atoms. The second-order valence-electron chi connectivity index (χ2n) is 9.62. The molecule has 0 radical (unpaired) electrons. The Hall–Kier alpha value is -2.78. The molecule has 9 heteroatoms. The molecule has 196 valence electrons. The van der Waals surface area contributed by atoms with Gasteiger partial charge in [0, 0.05) is 24.3 Å². The summed E-state index contributed by atoms with van der Waals surface area (Å²) in [4.78, 5) is 24.4. The molecule has 1 aliphatic rings. The van der Waals surface area contributed by atoms with Crippen molar-refractivity contribution in [2.45, 2.75) is 56.3 Å². The quantitative estimate of drug-likeness (QED) is 0.336. The van der Waals surface area contributed by atoms with Crippen LogP contribution in [-0.2, 0) is 22.9 Å². The van der Waals surface area contributed by atoms with E-state index in [1.165, 1.54) is 56.0 Å². The first-order valence-corrected chi connectivity index (χ1v) is 15.0. The van der Waals surface area contributed by atoms with Gasteiger partial charge in [0.1, 0.15) is 0 Å². The van der Waals surface area contributed by atoms with Crippen LogP contribution in [0.1, 0.15) is 60.1 Å². The number of anilines is 1. The molecule has 1 aliphatic carbocycles. The summed E-state index contributed by atoms with van der Waals surface area (Å²) in [6.07, 6.45) is 9.95. The molecule has 1 saturated carbocycles. The summed E-state index contributed by atoms with van der Waals surface area (Å²) in [5.41, 5.74) is 2.01. The number of likely N-dealkylation sites (N-methyl/N-ethyl adjacent to an activating group) is 1. The monoisotopic (exact) mass is 584 g/mol. The van der Waals surface area contributed by atoms with E-state index in [0.717, 1.165) is 19.4 Å². The van der Waals surface area contributed by atoms with E-state index in [4.69, 9.17) is 4.98 Å². The molecule has 7 nitrogen and oxygen atoms in total. The molecule has 0 saturated heterocycles. The van der Waals surface area contributed by atoms with E-state index in [1.807, 2.05) is 30.1 Å². The topological polar surface area (TPSA) is 92.3 Å². The minimum atomic E-state index is -4.04. The maximum absolute atomic E-state index is 13.2. The summed E-state index contributed by atoms with van der Waals surface area (Å²) in [6, 6.07) is 16.5. The first-order valence-electron chi connectivity index (χ1n) is 12.8. The predicted octanol–water partition coefficient (Wildman–Crippen LogP) is 5.55. The maximum Gasteiger partial charge on any atom is 0.268 e. The van der Waals surface area contributed by atoms with E-state index in [2.05, 4.69) is 37.8 Å². The molecule has 1 N–H and O–H groups in total. The van der Waals surface area contributed by atoms with E-state index >= 15 is 0 Å². The van der Waals surface area contributed by atoms with E-state index in [-0.39, 0.29) is 10.5 Å². The Morgan fingerprint density at radius 1 is 1.05 bits per heavy atom. The van der Waals surface area contributed by atoms with Gasteiger partial charge in [0.25, 0.3) is 15.9 Å². The number of hydrogen-bond donors (Lipinski definition) is 1. The number of sulfonamides is 1. The highest BCUT2D eigenvalue weighted by atomic mass is 79.9. The van der Waals surface area contributed by atoms with Gasteiger partial charge in [-0.15, -0.1) is 0 Å². The minimum Gasteiger partial charge on any atom is -0.344 e. The molecule has 1 aromatic heterocycles. The van der Waals surface area contributed by atoms with Gasteiger partial charge in [-0.1, -0.05) is 84.4 Å². The van der Waals surface area contributed by atoms with Crippen molar-refractivity contribution in [1.82, 2.24) is 14.7 Å². The fourth-order valence-electron chi connectivity index (χ4n) is 4.70. The van der Waals surface area contributed by atoms with Gasteiger partial charge < -0.3 is 4.90 Å². The molecule has 2 aromatic carbocycles. The van der Waals surface area contributed by atoms with Crippen LogP contribution in [0.4, 0.5) is 5.95 Å². The number of rotatable bonds is 10. The van der Waals surface area contributed by atoms with Crippen molar-refractivity contribution in [3.63, 3.8) is 0 Å². The Morgan fingerprint density at radius 3 is 2.54 bits per heavy atom. The van der Waals surface area contributed by atoms with Crippen LogP contribution in [0.3, 0.4) is 0 Å². The summed E-state index contributed by atoms with van der Waals surface area (Å²) < 4.78 is 28.6. The lowest BCUT2D eigenvalue weighted by Gasteiger charge is -2.22. The molecule has 0 bridgehead atoms. The summed E-state index contributed by atoms with van der Waals surface area (Å²) in [7, 11) is -2.11. The standard InChI is InChI=1S/C28H33BrN4O3S/c1-33(18-17-22-11-6-3-7-12-22)28-30-20-25(26(31-28)16-15-21-9-4-2-5-10-21)27(34)32-37(35,36)24-14-8-13-23(29)19-24/h3,6-8,11-14,19-21H,2,4-5,9-10,15-18H2,1H3,(H,32,34). The molecule has 1 fully saturated rings. The number of hydrogen-bond acceptors (Lipinski definition) is 6. The Balaban J connectivity index is 1.54. The number of halogens is 1. The normalized spacial score (nSPS) is 14.3. The molecule has 4 rings (SSSR count). The summed E-state index contributed by atoms with van der Waals surface area (Å²) >= 11 is 3.28. The third-order valence-electron chi connectivity index (χ3n) is 6.87. The molecule has 0 unspecified atom stereocenters. The molecule has 37 heavy (non-hydrogen) atoms. The third-order valence-corrected chi connectivity index (χ3v) is 8.69. The van der Waals surface area contributed by atoms with Crippen molar-refractivity contribution in [1.29, 1.82) is 0 Å². The zero-order valence-corrected chi connectivity index (χ0v) is 23.5. The number of amides is 1. The predicted molar refractivity (Wildman–Crippen MR) is 149 cm³/mol. The van der Waals surface area contributed by atoms with Crippen molar-refractivity contribution in [3.05, 3.63) is 82.1 Å². The first-order chi connectivity index (χ1) is 17.8. The van der Waals surface area contributed by atoms with Crippen molar-refractivity contribution < 1.29 is 13.2 Å². The zero-order chi connectivity index (χ0) is 26.3. The summed E-state index contributed by atoms with van der Waals surface area (Å²) in [5.74, 6) is 0.419. The van der Waals surface area contributed by atoms with Crippen molar-refractivity contribution in [3.8, 4) is 0 Å². The highest BCUT2D eigenvalue weighted by Crippen LogP contribution is 2.28. The Morgan fingerprint density at radius 2 is 1.81 bits per heavy atom. The Kier molecular flexibility index (Phi) is 9.32. The average Bonchev–Trinajstić information content (AvgIpc) is 2.91. The Bertz CT molecular complexity index is 1310. The number of nitrogens with zero attached hydrogens (tertiary/aromatic N) is 3. The van der Waals surface area contributed by atoms with Crippen molar-refractivity contribution in [2.24, 2.45) is 5.92 Å². The van der Waals surface area contributed by atoms with Gasteiger partial charge in [0.15, 0.2) is 0 Å². The van der Waals surface area contributed by atoms with Crippen molar-refractivity contribution in [2.75, 3.05) is 18.5 Å². The highest BCUT2D eigenvalue weighted by Gasteiger charge is 2.24. The number of nitrogens with one attached hydrogen (secondary N) is 1. The Labute approximate surface area is 227 Å². The van der Waals surface area contributed by atoms with E-state index < -0.39 is 15.9 Å². The summed E-state index contributed by atoms with van der Waals surface area (Å²) in [6.45, 7) is 0.717. The fraction of sp³-hybridized carbons (Fsp3) is 0.393. The maximum atomic E-state index is 13.2. The lowest BCUT2D eigenvalue weighted by Crippen LogP contribution is -2.32. The molecule has 0 atom stereocenters. The van der Waals surface area contributed by atoms with Gasteiger partial charge in [0.2, 0.25) is 5.95 Å². The second kappa shape index (κ2) is 12.6. The number of benzene rings is 2. The molecule has 1 amide bonds. The van der Waals surface area contributed by atoms with Gasteiger partial charge in [-0.05, 0) is 48.9 Å². The van der Waals surface area contributed by atoms with Crippen molar-refractivity contribution >= 4 is 37.8 Å². The second-order valence-corrected chi connectivity index (χ2v) is 12.2. The molecular formula is C28H33BrN4O3S. The van der Waals surface area contributed by atoms with Crippen LogP contribution in [0.2, 0.25) is 0 Å². The average molecular weight is 586 g/mol. The van der Waals surface area contributed by atoms with Crippen LogP contribution in [-0.4, -0.2) is 37.9 Å². The largest absolute Gasteiger partial charge is 0.344 e. The van der Waals surface area contributed by atoms with Gasteiger partial charge in [-0.25, -0.2) is 23.1 Å². The minimum absolute atomic E-state index is 0.0113. The van der Waals surface area contributed by atoms with Crippen LogP contribution < -0.4 is 9.62 Å². The molecule has 1 heterocycles. The summed E-state index contributed by atoms with van der Waals surface area (Å²) in [5, 5.41) is 0. The molecule has 0 aliphatic heterocycles. The smallest absolute Gasteiger partial charge is 0.268 e. The number of aromatic nitrogens is 2. The van der Waals surface area contributed by atoms with Crippen LogP contribution in [0.5, 0.6) is 0 Å². The lowest BCUT2D eigenvalue weighted by molar-refractivity contribution is 0.0979. The van der Waals surface area contributed by atoms with Crippen LogP contribution in [0.15, 0.2) is 70.2 Å². The van der Waals surface area contributed by atoms with E-state index in [9.17, 15) is 13.2 Å². The number of carbonyl (C=O) groups is 1. The lowest BCUT2D eigenvalue weighted by atomic mass is 9.85. The zero-order valence-electron chi connectivity index (χ0n) is 21.1. The van der Waals surface area contributed by atoms with Crippen LogP contribution in [0, 0.1) is 5.92 Å². The molecule has 3 aromatic rings. The van der Waals surface area contributed by atoms with Gasteiger partial charge in [0.05, 0.1) is 16.2 Å². The van der Waals surface area contributed by atoms with Gasteiger partial charge in [-0.3, -0.25) is 4.79 Å². The fourth-order valence-corrected chi connectivity index (χ4v) is 6.26. The number of carbonyl (C=O) groups excluding carboxylic acids is 1. The third kappa shape index (κ3) is 7.61. The first kappa shape index (κ1) is 27.3. The SMILES string of the molecule is CN(CCc1ccccc1)c1ncc(C(=O)NS(=O)(=O)c2cccc(Br)c2)c(CCC2CCCCC2)n1. The van der Waals surface area contributed by atoms with Gasteiger partial charge in [-0.2, -0.15) is 0 Å². The molecular weight excluding hydrogens is 552 g/mol. The van der Waals surface area contributed by atoms with Crippen LogP contribution >= 0.6 is 15.9 Å². The van der Waals surface area contributed by atoms with E-state index in [0.29, 0.717) is 28.5 Å². The van der Waals surface area contributed by atoms with E-state index in [1.54, 1.807) is 12.1 Å². The number of aryl methyl sites for hydroxylation is 1. The van der Waals surface area contributed by atoms with Gasteiger partial charge >= 0.3 is 0 Å².